The van der Waals surface area contributed by atoms with Gasteiger partial charge in [0.1, 0.15) is 10.6 Å². The zero-order chi connectivity index (χ0) is 16.5. The molecular formula is C13H18ClF3N2O3S. The smallest absolute Gasteiger partial charge is 0.404 e. The summed E-state index contributed by atoms with van der Waals surface area (Å²) in [6, 6.07) is 4.31. The van der Waals surface area contributed by atoms with Gasteiger partial charge in [-0.25, -0.2) is 8.42 Å². The maximum Gasteiger partial charge on any atom is 0.573 e. The quantitative estimate of drug-likeness (QED) is 0.882. The van der Waals surface area contributed by atoms with Crippen LogP contribution in [0.3, 0.4) is 0 Å². The van der Waals surface area contributed by atoms with E-state index in [2.05, 4.69) is 10.1 Å². The van der Waals surface area contributed by atoms with Crippen molar-refractivity contribution >= 4 is 22.4 Å². The molecule has 0 spiro atoms. The minimum Gasteiger partial charge on any atom is -0.404 e. The number of benzene rings is 1. The fraction of sp³-hybridized carbons (Fsp3) is 0.538. The molecule has 0 saturated carbocycles. The van der Waals surface area contributed by atoms with E-state index in [1.54, 1.807) is 6.92 Å². The standard InChI is InChI=1S/C13H17F3N2O3S.ClH/c1-9-10(2)18(8-7-17-9)22(19,20)12-6-4-3-5-11(12)21-13(14,15)16;/h3-6,9-10,17H,7-8H2,1-2H3;1H. The van der Waals surface area contributed by atoms with Gasteiger partial charge in [0.2, 0.25) is 10.0 Å². The SMILES string of the molecule is CC1NCCN(S(=O)(=O)c2ccccc2OC(F)(F)F)C1C.Cl. The highest BCUT2D eigenvalue weighted by molar-refractivity contribution is 7.89. The molecule has 0 amide bonds. The van der Waals surface area contributed by atoms with E-state index in [4.69, 9.17) is 0 Å². The third-order valence-electron chi connectivity index (χ3n) is 3.64. The first-order valence-corrected chi connectivity index (χ1v) is 8.17. The molecule has 1 aromatic carbocycles. The highest BCUT2D eigenvalue weighted by atomic mass is 35.5. The van der Waals surface area contributed by atoms with E-state index in [0.29, 0.717) is 6.54 Å². The van der Waals surface area contributed by atoms with E-state index in [0.717, 1.165) is 12.1 Å². The number of piperazine rings is 1. The maximum atomic E-state index is 12.7. The summed E-state index contributed by atoms with van der Waals surface area (Å²) in [4.78, 5) is -0.478. The monoisotopic (exact) mass is 374 g/mol. The van der Waals surface area contributed by atoms with Crippen LogP contribution in [0.1, 0.15) is 13.8 Å². The van der Waals surface area contributed by atoms with Gasteiger partial charge in [-0.05, 0) is 26.0 Å². The minimum absolute atomic E-state index is 0. The summed E-state index contributed by atoms with van der Waals surface area (Å²) in [6.45, 7) is 4.16. The molecule has 1 aliphatic rings. The number of ether oxygens (including phenoxy) is 1. The first-order valence-electron chi connectivity index (χ1n) is 6.73. The lowest BCUT2D eigenvalue weighted by molar-refractivity contribution is -0.275. The normalized spacial score (nSPS) is 23.2. The summed E-state index contributed by atoms with van der Waals surface area (Å²) in [7, 11) is -4.08. The highest BCUT2D eigenvalue weighted by Crippen LogP contribution is 2.32. The maximum absolute atomic E-state index is 12.7. The Morgan fingerprint density at radius 3 is 2.48 bits per heavy atom. The lowest BCUT2D eigenvalue weighted by atomic mass is 10.1. The number of alkyl halides is 3. The van der Waals surface area contributed by atoms with E-state index in [1.807, 2.05) is 6.92 Å². The van der Waals surface area contributed by atoms with Gasteiger partial charge in [0.15, 0.2) is 0 Å². The molecule has 1 N–H and O–H groups in total. The van der Waals surface area contributed by atoms with Gasteiger partial charge in [0.25, 0.3) is 0 Å². The van der Waals surface area contributed by atoms with Gasteiger partial charge >= 0.3 is 6.36 Å². The number of rotatable bonds is 3. The number of para-hydroxylation sites is 1. The summed E-state index contributed by atoms with van der Waals surface area (Å²) in [5.41, 5.74) is 0. The summed E-state index contributed by atoms with van der Waals surface area (Å²) in [5.74, 6) is -0.714. The zero-order valence-corrected chi connectivity index (χ0v) is 14.1. The summed E-state index contributed by atoms with van der Waals surface area (Å²) < 4.78 is 67.8. The van der Waals surface area contributed by atoms with Gasteiger partial charge in [0, 0.05) is 25.2 Å². The molecule has 1 saturated heterocycles. The van der Waals surface area contributed by atoms with Crippen molar-refractivity contribution in [3.63, 3.8) is 0 Å². The Bertz CT molecular complexity index is 640. The van der Waals surface area contributed by atoms with Crippen LogP contribution in [0.25, 0.3) is 0 Å². The molecule has 5 nitrogen and oxygen atoms in total. The molecule has 0 aliphatic carbocycles. The van der Waals surface area contributed by atoms with Crippen LogP contribution < -0.4 is 10.1 Å². The van der Waals surface area contributed by atoms with Crippen molar-refractivity contribution in [3.8, 4) is 5.75 Å². The van der Waals surface area contributed by atoms with E-state index in [1.165, 1.54) is 16.4 Å². The number of sulfonamides is 1. The predicted octanol–water partition coefficient (Wildman–Crippen LogP) is 2.38. The molecule has 2 atom stereocenters. The van der Waals surface area contributed by atoms with Gasteiger partial charge in [-0.2, -0.15) is 4.31 Å². The first-order chi connectivity index (χ1) is 10.1. The van der Waals surface area contributed by atoms with Crippen LogP contribution in [0.5, 0.6) is 5.75 Å². The number of hydrogen-bond donors (Lipinski definition) is 1. The lowest BCUT2D eigenvalue weighted by Crippen LogP contribution is -2.57. The van der Waals surface area contributed by atoms with E-state index >= 15 is 0 Å². The second-order valence-corrected chi connectivity index (χ2v) is 6.95. The zero-order valence-electron chi connectivity index (χ0n) is 12.5. The number of nitrogens with zero attached hydrogens (tertiary/aromatic N) is 1. The molecule has 0 aromatic heterocycles. The summed E-state index contributed by atoms with van der Waals surface area (Å²) in [6.07, 6.45) is -4.95. The first kappa shape index (κ1) is 20.0. The Balaban J connectivity index is 0.00000264. The van der Waals surface area contributed by atoms with Gasteiger partial charge in [-0.3, -0.25) is 0 Å². The molecule has 23 heavy (non-hydrogen) atoms. The third kappa shape index (κ3) is 4.50. The Kier molecular flexibility index (Phi) is 6.31. The average Bonchev–Trinajstić information content (AvgIpc) is 2.40. The Morgan fingerprint density at radius 2 is 1.87 bits per heavy atom. The van der Waals surface area contributed by atoms with Crippen molar-refractivity contribution in [2.24, 2.45) is 0 Å². The molecule has 0 radical (unpaired) electrons. The van der Waals surface area contributed by atoms with Gasteiger partial charge in [-0.15, -0.1) is 25.6 Å². The van der Waals surface area contributed by atoms with Crippen molar-refractivity contribution in [1.82, 2.24) is 9.62 Å². The lowest BCUT2D eigenvalue weighted by Gasteiger charge is -2.37. The molecule has 2 unspecified atom stereocenters. The molecule has 1 heterocycles. The second-order valence-electron chi connectivity index (χ2n) is 5.09. The topological polar surface area (TPSA) is 58.6 Å². The van der Waals surface area contributed by atoms with Crippen molar-refractivity contribution < 1.29 is 26.3 Å². The van der Waals surface area contributed by atoms with Crippen LogP contribution in [-0.2, 0) is 10.0 Å². The molecule has 132 valence electrons. The van der Waals surface area contributed by atoms with Crippen LogP contribution in [0.4, 0.5) is 13.2 Å². The molecule has 1 fully saturated rings. The molecule has 1 aromatic rings. The van der Waals surface area contributed by atoms with Crippen molar-refractivity contribution in [2.75, 3.05) is 13.1 Å². The van der Waals surface area contributed by atoms with E-state index < -0.39 is 27.0 Å². The molecule has 2 rings (SSSR count). The fourth-order valence-corrected chi connectivity index (χ4v) is 4.18. The van der Waals surface area contributed by atoms with Crippen LogP contribution in [0.15, 0.2) is 29.2 Å². The van der Waals surface area contributed by atoms with Crippen molar-refractivity contribution in [3.05, 3.63) is 24.3 Å². The summed E-state index contributed by atoms with van der Waals surface area (Å²) in [5, 5.41) is 3.12. The minimum atomic E-state index is -4.95. The second kappa shape index (κ2) is 7.25. The Morgan fingerprint density at radius 1 is 1.26 bits per heavy atom. The van der Waals surface area contributed by atoms with Crippen molar-refractivity contribution in [2.45, 2.75) is 37.2 Å². The molecule has 10 heteroatoms. The van der Waals surface area contributed by atoms with Crippen LogP contribution in [0.2, 0.25) is 0 Å². The van der Waals surface area contributed by atoms with E-state index in [9.17, 15) is 21.6 Å². The van der Waals surface area contributed by atoms with Gasteiger partial charge < -0.3 is 10.1 Å². The Hall–Kier alpha value is -1.03. The molecular weight excluding hydrogens is 357 g/mol. The Labute approximate surface area is 139 Å². The number of halogens is 4. The molecule has 1 aliphatic heterocycles. The highest BCUT2D eigenvalue weighted by Gasteiger charge is 2.38. The third-order valence-corrected chi connectivity index (χ3v) is 5.66. The predicted molar refractivity (Wildman–Crippen MR) is 81.2 cm³/mol. The average molecular weight is 375 g/mol. The van der Waals surface area contributed by atoms with Crippen LogP contribution in [0, 0.1) is 0 Å². The summed E-state index contributed by atoms with van der Waals surface area (Å²) >= 11 is 0. The van der Waals surface area contributed by atoms with Gasteiger partial charge in [0.05, 0.1) is 0 Å². The van der Waals surface area contributed by atoms with Crippen molar-refractivity contribution in [1.29, 1.82) is 0 Å². The number of hydrogen-bond acceptors (Lipinski definition) is 4. The van der Waals surface area contributed by atoms with E-state index in [-0.39, 0.29) is 31.0 Å². The largest absolute Gasteiger partial charge is 0.573 e. The molecule has 0 bridgehead atoms. The van der Waals surface area contributed by atoms with Gasteiger partial charge in [-0.1, -0.05) is 12.1 Å². The fourth-order valence-electron chi connectivity index (χ4n) is 2.36. The van der Waals surface area contributed by atoms with Crippen LogP contribution in [-0.4, -0.2) is 44.3 Å². The number of nitrogens with one attached hydrogen (secondary N) is 1. The van der Waals surface area contributed by atoms with Crippen LogP contribution >= 0.6 is 12.4 Å².